The number of para-hydroxylation sites is 1. The summed E-state index contributed by atoms with van der Waals surface area (Å²) in [7, 11) is 1.52. The Labute approximate surface area is 269 Å². The minimum Gasteiger partial charge on any atom is -0.497 e. The van der Waals surface area contributed by atoms with Crippen molar-refractivity contribution in [2.45, 2.75) is 22.4 Å². The summed E-state index contributed by atoms with van der Waals surface area (Å²) in [5.74, 6) is -3.47. The number of hydrogen-bond acceptors (Lipinski definition) is 8. The fourth-order valence-corrected chi connectivity index (χ4v) is 8.29. The maximum Gasteiger partial charge on any atom is 0.418 e. The first-order chi connectivity index (χ1) is 21.5. The van der Waals surface area contributed by atoms with Gasteiger partial charge in [0.2, 0.25) is 11.8 Å². The third-order valence-corrected chi connectivity index (χ3v) is 10.2. The van der Waals surface area contributed by atoms with Gasteiger partial charge in [0.15, 0.2) is 6.61 Å². The van der Waals surface area contributed by atoms with Crippen molar-refractivity contribution in [3.63, 3.8) is 0 Å². The number of alkyl halides is 3. The minimum atomic E-state index is -4.82. The molecule has 3 atom stereocenters. The van der Waals surface area contributed by atoms with Gasteiger partial charge in [0.05, 0.1) is 29.3 Å². The summed E-state index contributed by atoms with van der Waals surface area (Å²) in [4.78, 5) is 56.3. The van der Waals surface area contributed by atoms with Gasteiger partial charge in [0.1, 0.15) is 16.7 Å². The van der Waals surface area contributed by atoms with Crippen LogP contribution in [-0.2, 0) is 20.6 Å². The molecule has 0 radical (unpaired) electrons. The Morgan fingerprint density at radius 2 is 1.78 bits per heavy atom. The first kappa shape index (κ1) is 30.9. The summed E-state index contributed by atoms with van der Waals surface area (Å²) in [5.41, 5.74) is -0.805. The van der Waals surface area contributed by atoms with Crippen LogP contribution >= 0.6 is 39.0 Å². The normalized spacial score (nSPS) is 19.2. The van der Waals surface area contributed by atoms with E-state index in [1.165, 1.54) is 19.2 Å². The molecule has 45 heavy (non-hydrogen) atoms. The molecule has 1 saturated heterocycles. The lowest BCUT2D eigenvalue weighted by molar-refractivity contribution is -0.137. The molecule has 1 fully saturated rings. The van der Waals surface area contributed by atoms with Crippen LogP contribution < -0.4 is 24.6 Å². The predicted octanol–water partition coefficient (Wildman–Crippen LogP) is 6.04. The molecule has 6 rings (SSSR count). The van der Waals surface area contributed by atoms with Gasteiger partial charge in [-0.2, -0.15) is 13.2 Å². The van der Waals surface area contributed by atoms with Gasteiger partial charge in [-0.05, 0) is 54.6 Å². The van der Waals surface area contributed by atoms with Crippen molar-refractivity contribution < 1.29 is 37.0 Å². The molecule has 3 amide bonds. The maximum absolute atomic E-state index is 14.1. The highest BCUT2D eigenvalue weighted by molar-refractivity contribution is 9.10. The van der Waals surface area contributed by atoms with Gasteiger partial charge in [0.25, 0.3) is 5.91 Å². The summed E-state index contributed by atoms with van der Waals surface area (Å²) in [5, 5.41) is 1.92. The van der Waals surface area contributed by atoms with Crippen LogP contribution in [0.1, 0.15) is 21.9 Å². The van der Waals surface area contributed by atoms with Crippen LogP contribution in [0.25, 0.3) is 0 Å². The van der Waals surface area contributed by atoms with Crippen molar-refractivity contribution in [2.75, 3.05) is 23.9 Å². The van der Waals surface area contributed by atoms with Crippen molar-refractivity contribution in [3.05, 3.63) is 96.9 Å². The summed E-state index contributed by atoms with van der Waals surface area (Å²) in [6, 6.07) is 15.9. The molecule has 9 nitrogen and oxygen atoms in total. The number of carbonyl (C=O) groups excluding carboxylic acids is 3. The van der Waals surface area contributed by atoms with Gasteiger partial charge < -0.3 is 19.8 Å². The monoisotopic (exact) mass is 719 g/mol. The highest BCUT2D eigenvalue weighted by Gasteiger charge is 2.57. The number of hydrogen-bond donors (Lipinski definition) is 2. The number of rotatable bonds is 7. The number of imide groups is 1. The molecule has 2 N–H and O–H groups in total. The van der Waals surface area contributed by atoms with Crippen LogP contribution in [0.15, 0.2) is 81.0 Å². The van der Waals surface area contributed by atoms with E-state index in [1.807, 2.05) is 0 Å². The number of ether oxygens (including phenoxy) is 2. The van der Waals surface area contributed by atoms with Crippen LogP contribution in [0.5, 0.6) is 11.5 Å². The SMILES string of the molecule is COc1ccc(NC(=O)COc2ccc(Br)cc2[C@H]2c3sc(=O)[nH]c3SC3C(=O)N(c4ccccc4C(F)(F)F)C(=O)C32)cc1. The van der Waals surface area contributed by atoms with E-state index in [4.69, 9.17) is 9.47 Å². The molecule has 2 aliphatic rings. The third kappa shape index (κ3) is 5.87. The van der Waals surface area contributed by atoms with Gasteiger partial charge >= 0.3 is 11.0 Å². The average Bonchev–Trinajstić information content (AvgIpc) is 3.50. The third-order valence-electron chi connectivity index (χ3n) is 7.31. The number of benzene rings is 3. The zero-order valence-electron chi connectivity index (χ0n) is 23.0. The first-order valence-corrected chi connectivity index (χ1v) is 15.7. The lowest BCUT2D eigenvalue weighted by atomic mass is 9.82. The number of fused-ring (bicyclic) bond motifs is 2. The van der Waals surface area contributed by atoms with Crippen LogP contribution in [-0.4, -0.2) is 41.7 Å². The average molecular weight is 721 g/mol. The Balaban J connectivity index is 1.36. The van der Waals surface area contributed by atoms with Crippen molar-refractivity contribution in [3.8, 4) is 11.5 Å². The van der Waals surface area contributed by atoms with Crippen LogP contribution in [0, 0.1) is 5.92 Å². The van der Waals surface area contributed by atoms with E-state index in [0.29, 0.717) is 36.3 Å². The van der Waals surface area contributed by atoms with Crippen molar-refractivity contribution in [2.24, 2.45) is 5.92 Å². The van der Waals surface area contributed by atoms with E-state index >= 15 is 0 Å². The summed E-state index contributed by atoms with van der Waals surface area (Å²) < 4.78 is 53.5. The van der Waals surface area contributed by atoms with Crippen molar-refractivity contribution >= 4 is 68.1 Å². The highest BCUT2D eigenvalue weighted by Crippen LogP contribution is 2.55. The van der Waals surface area contributed by atoms with Gasteiger partial charge in [-0.25, -0.2) is 4.90 Å². The van der Waals surface area contributed by atoms with Crippen LogP contribution in [0.2, 0.25) is 0 Å². The van der Waals surface area contributed by atoms with Gasteiger partial charge in [-0.1, -0.05) is 51.2 Å². The molecule has 3 heterocycles. The minimum absolute atomic E-state index is 0.194. The number of thiazole rings is 1. The number of halogens is 4. The van der Waals surface area contributed by atoms with Crippen molar-refractivity contribution in [1.82, 2.24) is 4.98 Å². The Morgan fingerprint density at radius 3 is 2.49 bits per heavy atom. The molecule has 4 aromatic rings. The van der Waals surface area contributed by atoms with E-state index < -0.39 is 63.7 Å². The molecule has 0 bridgehead atoms. The largest absolute Gasteiger partial charge is 0.497 e. The molecular weight excluding hydrogens is 699 g/mol. The quantitative estimate of drug-likeness (QED) is 0.224. The molecular formula is C30H21BrF3N3O6S2. The Kier molecular flexibility index (Phi) is 8.26. The number of methoxy groups -OCH3 is 1. The number of amides is 3. The summed E-state index contributed by atoms with van der Waals surface area (Å²) in [6.45, 7) is -0.426. The van der Waals surface area contributed by atoms with E-state index in [1.54, 1.807) is 42.5 Å². The molecule has 0 aliphatic carbocycles. The fourth-order valence-electron chi connectivity index (χ4n) is 5.41. The molecule has 1 aromatic heterocycles. The van der Waals surface area contributed by atoms with Crippen molar-refractivity contribution in [1.29, 1.82) is 0 Å². The second kappa shape index (κ2) is 12.0. The lowest BCUT2D eigenvalue weighted by Crippen LogP contribution is -2.33. The number of nitrogens with zero attached hydrogens (tertiary/aromatic N) is 1. The number of aromatic nitrogens is 1. The van der Waals surface area contributed by atoms with Crippen LogP contribution in [0.4, 0.5) is 24.5 Å². The first-order valence-electron chi connectivity index (χ1n) is 13.3. The Morgan fingerprint density at radius 1 is 1.04 bits per heavy atom. The number of H-pyrrole nitrogens is 1. The lowest BCUT2D eigenvalue weighted by Gasteiger charge is -2.31. The molecule has 2 aliphatic heterocycles. The highest BCUT2D eigenvalue weighted by atomic mass is 79.9. The topological polar surface area (TPSA) is 118 Å². The van der Waals surface area contributed by atoms with Gasteiger partial charge in [0, 0.05) is 26.5 Å². The molecule has 0 spiro atoms. The Bertz CT molecular complexity index is 1880. The number of anilines is 2. The molecule has 232 valence electrons. The van der Waals surface area contributed by atoms with E-state index in [0.717, 1.165) is 35.2 Å². The summed E-state index contributed by atoms with van der Waals surface area (Å²) in [6.07, 6.45) is -4.82. The number of aromatic amines is 1. The Hall–Kier alpha value is -4.08. The van der Waals surface area contributed by atoms with E-state index in [-0.39, 0.29) is 5.75 Å². The molecule has 3 aromatic carbocycles. The van der Waals surface area contributed by atoms with Crippen LogP contribution in [0.3, 0.4) is 0 Å². The summed E-state index contributed by atoms with van der Waals surface area (Å²) >= 11 is 5.20. The van der Waals surface area contributed by atoms with E-state index in [9.17, 15) is 32.3 Å². The smallest absolute Gasteiger partial charge is 0.418 e. The molecule has 0 saturated carbocycles. The standard InChI is InChI=1S/C30H21BrF3N3O6S2/c1-42-16-9-7-15(8-10-16)35-21(38)13-43-20-11-6-14(31)12-17(20)22-23-25(44-26-24(22)45-29(41)36-26)28(40)37(27(23)39)19-5-3-2-4-18(19)30(32,33)34/h2-12,22-23,25H,13H2,1H3,(H,35,38)(H,36,41)/t22-,23?,25?/m1/s1. The second-order valence-corrected chi connectivity index (χ2v) is 13.1. The second-order valence-electron chi connectivity index (χ2n) is 10.0. The fraction of sp³-hybridized carbons (Fsp3) is 0.200. The number of carbonyl (C=O) groups is 3. The molecule has 15 heteroatoms. The van der Waals surface area contributed by atoms with Gasteiger partial charge in [-0.3, -0.25) is 19.2 Å². The molecule has 2 unspecified atom stereocenters. The number of thioether (sulfide) groups is 1. The van der Waals surface area contributed by atoms with E-state index in [2.05, 4.69) is 26.2 Å². The maximum atomic E-state index is 14.1. The zero-order chi connectivity index (χ0) is 32.0. The number of nitrogens with one attached hydrogen (secondary N) is 2. The van der Waals surface area contributed by atoms with Gasteiger partial charge in [-0.15, -0.1) is 0 Å². The zero-order valence-corrected chi connectivity index (χ0v) is 26.2. The predicted molar refractivity (Wildman–Crippen MR) is 165 cm³/mol.